The zero-order valence-corrected chi connectivity index (χ0v) is 11.6. The van der Waals surface area contributed by atoms with Crippen molar-refractivity contribution in [1.29, 1.82) is 0 Å². The highest BCUT2D eigenvalue weighted by Gasteiger charge is 2.35. The van der Waals surface area contributed by atoms with E-state index in [0.29, 0.717) is 0 Å². The molecule has 0 atom stereocenters. The molecule has 2 aromatic rings. The molecule has 0 aromatic heterocycles. The molecule has 0 radical (unpaired) electrons. The highest BCUT2D eigenvalue weighted by molar-refractivity contribution is 6.30. The lowest BCUT2D eigenvalue weighted by Crippen LogP contribution is -2.21. The number of ether oxygens (including phenoxy) is 1. The standard InChI is InChI=1S/C16H12O6/c1-22-6-9-11(18)5-8-13(16(9)21)14(19)7-3-2-4-10(17)12(7)15(8)20/h2-5,17-18,21H,6H2,1H3. The minimum Gasteiger partial charge on any atom is -0.507 e. The molecule has 0 amide bonds. The Hall–Kier alpha value is -2.86. The molecular formula is C16H12O6. The van der Waals surface area contributed by atoms with Gasteiger partial charge >= 0.3 is 0 Å². The van der Waals surface area contributed by atoms with Gasteiger partial charge in [0, 0.05) is 18.2 Å². The number of phenols is 3. The van der Waals surface area contributed by atoms with E-state index in [1.54, 1.807) is 0 Å². The Balaban J connectivity index is 2.33. The van der Waals surface area contributed by atoms with Crippen LogP contribution in [0.3, 0.4) is 0 Å². The predicted molar refractivity (Wildman–Crippen MR) is 75.5 cm³/mol. The summed E-state index contributed by atoms with van der Waals surface area (Å²) in [5, 5.41) is 30.0. The van der Waals surface area contributed by atoms with E-state index in [0.717, 1.165) is 6.07 Å². The zero-order chi connectivity index (χ0) is 16.0. The molecule has 3 N–H and O–H groups in total. The maximum absolute atomic E-state index is 12.5. The van der Waals surface area contributed by atoms with Gasteiger partial charge < -0.3 is 20.1 Å². The van der Waals surface area contributed by atoms with Crippen molar-refractivity contribution in [3.05, 3.63) is 52.1 Å². The second-order valence-electron chi connectivity index (χ2n) is 4.94. The number of aromatic hydroxyl groups is 3. The Morgan fingerprint density at radius 2 is 1.64 bits per heavy atom. The molecule has 2 aromatic carbocycles. The minimum absolute atomic E-state index is 0.0156. The third-order valence-electron chi connectivity index (χ3n) is 3.66. The van der Waals surface area contributed by atoms with Crippen molar-refractivity contribution in [3.8, 4) is 17.2 Å². The number of phenolic OH excluding ortho intramolecular Hbond substituents is 3. The van der Waals surface area contributed by atoms with Crippen molar-refractivity contribution in [1.82, 2.24) is 0 Å². The first kappa shape index (κ1) is 14.1. The molecule has 0 saturated heterocycles. The van der Waals surface area contributed by atoms with Crippen LogP contribution in [0, 0.1) is 0 Å². The topological polar surface area (TPSA) is 104 Å². The van der Waals surface area contributed by atoms with Crippen molar-refractivity contribution in [2.45, 2.75) is 6.61 Å². The second kappa shape index (κ2) is 4.85. The summed E-state index contributed by atoms with van der Waals surface area (Å²) in [6.07, 6.45) is 0. The molecule has 0 bridgehead atoms. The van der Waals surface area contributed by atoms with Gasteiger partial charge in [0.1, 0.15) is 17.2 Å². The summed E-state index contributed by atoms with van der Waals surface area (Å²) in [4.78, 5) is 25.0. The van der Waals surface area contributed by atoms with E-state index in [-0.39, 0.29) is 45.9 Å². The third kappa shape index (κ3) is 1.78. The van der Waals surface area contributed by atoms with Gasteiger partial charge in [0.2, 0.25) is 0 Å². The van der Waals surface area contributed by atoms with Crippen LogP contribution in [0.4, 0.5) is 0 Å². The Morgan fingerprint density at radius 3 is 2.32 bits per heavy atom. The number of carbonyl (C=O) groups is 2. The number of fused-ring (bicyclic) bond motifs is 2. The minimum atomic E-state index is -0.628. The van der Waals surface area contributed by atoms with Crippen molar-refractivity contribution in [2.24, 2.45) is 0 Å². The SMILES string of the molecule is COCc1c(O)cc2c(c1O)C(=O)c1cccc(O)c1C2=O. The molecule has 112 valence electrons. The summed E-state index contributed by atoms with van der Waals surface area (Å²) < 4.78 is 4.88. The van der Waals surface area contributed by atoms with Crippen molar-refractivity contribution < 1.29 is 29.6 Å². The van der Waals surface area contributed by atoms with Crippen LogP contribution in [-0.4, -0.2) is 34.0 Å². The number of methoxy groups -OCH3 is 1. The predicted octanol–water partition coefficient (Wildman–Crippen LogP) is 1.73. The van der Waals surface area contributed by atoms with Crippen LogP contribution in [0.25, 0.3) is 0 Å². The van der Waals surface area contributed by atoms with Gasteiger partial charge in [-0.25, -0.2) is 0 Å². The number of carbonyl (C=O) groups excluding carboxylic acids is 2. The fourth-order valence-corrected chi connectivity index (χ4v) is 2.63. The number of hydrogen-bond donors (Lipinski definition) is 3. The Bertz CT molecular complexity index is 822. The van der Waals surface area contributed by atoms with E-state index in [4.69, 9.17) is 4.74 Å². The average Bonchev–Trinajstić information content (AvgIpc) is 2.48. The second-order valence-corrected chi connectivity index (χ2v) is 4.94. The van der Waals surface area contributed by atoms with Gasteiger partial charge in [-0.3, -0.25) is 9.59 Å². The Kier molecular flexibility index (Phi) is 3.11. The van der Waals surface area contributed by atoms with Gasteiger partial charge in [-0.15, -0.1) is 0 Å². The lowest BCUT2D eigenvalue weighted by Gasteiger charge is -2.21. The fraction of sp³-hybridized carbons (Fsp3) is 0.125. The van der Waals surface area contributed by atoms with Crippen LogP contribution >= 0.6 is 0 Å². The van der Waals surface area contributed by atoms with E-state index < -0.39 is 17.3 Å². The molecule has 0 unspecified atom stereocenters. The average molecular weight is 300 g/mol. The molecule has 1 aliphatic carbocycles. The smallest absolute Gasteiger partial charge is 0.198 e. The molecule has 3 rings (SSSR count). The van der Waals surface area contributed by atoms with E-state index in [1.165, 1.54) is 25.3 Å². The number of rotatable bonds is 2. The van der Waals surface area contributed by atoms with E-state index >= 15 is 0 Å². The Labute approximate surface area is 125 Å². The summed E-state index contributed by atoms with van der Waals surface area (Å²) >= 11 is 0. The maximum Gasteiger partial charge on any atom is 0.198 e. The van der Waals surface area contributed by atoms with E-state index in [1.807, 2.05) is 0 Å². The molecule has 1 aliphatic rings. The monoisotopic (exact) mass is 300 g/mol. The highest BCUT2D eigenvalue weighted by atomic mass is 16.5. The van der Waals surface area contributed by atoms with E-state index in [2.05, 4.69) is 0 Å². The van der Waals surface area contributed by atoms with Gasteiger partial charge in [0.25, 0.3) is 0 Å². The maximum atomic E-state index is 12.5. The lowest BCUT2D eigenvalue weighted by molar-refractivity contribution is 0.0973. The molecule has 0 spiro atoms. The van der Waals surface area contributed by atoms with Crippen LogP contribution in [0.5, 0.6) is 17.2 Å². The number of benzene rings is 2. The van der Waals surface area contributed by atoms with Gasteiger partial charge in [-0.1, -0.05) is 12.1 Å². The summed E-state index contributed by atoms with van der Waals surface area (Å²) in [5.41, 5.74) is -0.409. The zero-order valence-electron chi connectivity index (χ0n) is 11.6. The van der Waals surface area contributed by atoms with Crippen LogP contribution in [0.15, 0.2) is 24.3 Å². The molecule has 22 heavy (non-hydrogen) atoms. The number of ketones is 2. The Morgan fingerprint density at radius 1 is 0.955 bits per heavy atom. The van der Waals surface area contributed by atoms with Crippen molar-refractivity contribution in [2.75, 3.05) is 7.11 Å². The van der Waals surface area contributed by atoms with Crippen molar-refractivity contribution in [3.63, 3.8) is 0 Å². The van der Waals surface area contributed by atoms with Crippen molar-refractivity contribution >= 4 is 11.6 Å². The largest absolute Gasteiger partial charge is 0.507 e. The normalized spacial score (nSPS) is 13.0. The van der Waals surface area contributed by atoms with Crippen LogP contribution in [-0.2, 0) is 11.3 Å². The van der Waals surface area contributed by atoms with Gasteiger partial charge in [-0.05, 0) is 12.1 Å². The van der Waals surface area contributed by atoms with Gasteiger partial charge in [0.05, 0.1) is 23.3 Å². The summed E-state index contributed by atoms with van der Waals surface area (Å²) in [6, 6.07) is 5.26. The van der Waals surface area contributed by atoms with Crippen LogP contribution in [0.2, 0.25) is 0 Å². The van der Waals surface area contributed by atoms with Gasteiger partial charge in [-0.2, -0.15) is 0 Å². The van der Waals surface area contributed by atoms with Crippen LogP contribution in [0.1, 0.15) is 37.4 Å². The summed E-state index contributed by atoms with van der Waals surface area (Å²) in [6.45, 7) is -0.112. The highest BCUT2D eigenvalue weighted by Crippen LogP contribution is 2.41. The molecule has 0 fully saturated rings. The molecule has 6 nitrogen and oxygen atoms in total. The van der Waals surface area contributed by atoms with Gasteiger partial charge in [0.15, 0.2) is 11.6 Å². The van der Waals surface area contributed by atoms with Crippen LogP contribution < -0.4 is 0 Å². The molecule has 0 saturated carbocycles. The molecule has 6 heteroatoms. The number of hydrogen-bond acceptors (Lipinski definition) is 6. The first-order valence-corrected chi connectivity index (χ1v) is 6.45. The molecular weight excluding hydrogens is 288 g/mol. The quantitative estimate of drug-likeness (QED) is 0.666. The first-order valence-electron chi connectivity index (χ1n) is 6.45. The molecule has 0 heterocycles. The molecule has 0 aliphatic heterocycles. The van der Waals surface area contributed by atoms with E-state index in [9.17, 15) is 24.9 Å². The lowest BCUT2D eigenvalue weighted by atomic mass is 9.82. The fourth-order valence-electron chi connectivity index (χ4n) is 2.63. The first-order chi connectivity index (χ1) is 10.5. The summed E-state index contributed by atoms with van der Waals surface area (Å²) in [5.74, 6) is -2.36. The summed E-state index contributed by atoms with van der Waals surface area (Å²) in [7, 11) is 1.37. The third-order valence-corrected chi connectivity index (χ3v) is 3.66.